The first-order valence-corrected chi connectivity index (χ1v) is 7.24. The third-order valence-corrected chi connectivity index (χ3v) is 3.68. The van der Waals surface area contributed by atoms with Crippen molar-refractivity contribution in [3.8, 4) is 0 Å². The molecule has 1 saturated carbocycles. The molecular formula is C15H20N2OS. The van der Waals surface area contributed by atoms with Gasteiger partial charge in [0.1, 0.15) is 0 Å². The van der Waals surface area contributed by atoms with Crippen LogP contribution < -0.4 is 11.1 Å². The quantitative estimate of drug-likeness (QED) is 0.831. The summed E-state index contributed by atoms with van der Waals surface area (Å²) in [5.74, 6) is 0.0220. The normalized spacial score (nSPS) is 16.0. The molecule has 1 fully saturated rings. The van der Waals surface area contributed by atoms with Crippen LogP contribution in [0.2, 0.25) is 0 Å². The van der Waals surface area contributed by atoms with Gasteiger partial charge in [-0.2, -0.15) is 0 Å². The molecule has 0 unspecified atom stereocenters. The van der Waals surface area contributed by atoms with Crippen LogP contribution in [0.4, 0.5) is 0 Å². The van der Waals surface area contributed by atoms with Gasteiger partial charge in [-0.15, -0.1) is 0 Å². The molecule has 0 spiro atoms. The van der Waals surface area contributed by atoms with E-state index in [0.717, 1.165) is 18.4 Å². The Labute approximate surface area is 119 Å². The van der Waals surface area contributed by atoms with Crippen LogP contribution in [0.25, 0.3) is 0 Å². The molecule has 102 valence electrons. The van der Waals surface area contributed by atoms with E-state index in [2.05, 4.69) is 5.32 Å². The highest BCUT2D eigenvalue weighted by atomic mass is 32.1. The number of rotatable bonds is 4. The third kappa shape index (κ3) is 4.31. The highest BCUT2D eigenvalue weighted by Gasteiger charge is 2.16. The van der Waals surface area contributed by atoms with Crippen molar-refractivity contribution in [2.75, 3.05) is 0 Å². The van der Waals surface area contributed by atoms with Crippen LogP contribution in [0.15, 0.2) is 24.3 Å². The SMILES string of the molecule is NC(=S)Cc1ccc(C(=O)NC2CCCCC2)cc1. The van der Waals surface area contributed by atoms with Crippen molar-refractivity contribution < 1.29 is 4.79 Å². The van der Waals surface area contributed by atoms with Crippen molar-refractivity contribution in [3.05, 3.63) is 35.4 Å². The van der Waals surface area contributed by atoms with Gasteiger partial charge in [0.15, 0.2) is 0 Å². The summed E-state index contributed by atoms with van der Waals surface area (Å²) in [5.41, 5.74) is 7.25. The minimum Gasteiger partial charge on any atom is -0.393 e. The van der Waals surface area contributed by atoms with E-state index in [9.17, 15) is 4.79 Å². The van der Waals surface area contributed by atoms with Gasteiger partial charge in [0.25, 0.3) is 5.91 Å². The Balaban J connectivity index is 1.93. The molecule has 3 N–H and O–H groups in total. The summed E-state index contributed by atoms with van der Waals surface area (Å²) in [6.07, 6.45) is 6.52. The molecule has 1 aliphatic rings. The number of nitrogens with two attached hydrogens (primary N) is 1. The Morgan fingerprint density at radius 3 is 2.42 bits per heavy atom. The van der Waals surface area contributed by atoms with Gasteiger partial charge in [0, 0.05) is 18.0 Å². The van der Waals surface area contributed by atoms with E-state index in [4.69, 9.17) is 18.0 Å². The van der Waals surface area contributed by atoms with Crippen LogP contribution in [-0.2, 0) is 6.42 Å². The summed E-state index contributed by atoms with van der Waals surface area (Å²) in [6, 6.07) is 7.85. The first-order valence-electron chi connectivity index (χ1n) is 6.83. The predicted octanol–water partition coefficient (Wildman–Crippen LogP) is 2.58. The fraction of sp³-hybridized carbons (Fsp3) is 0.467. The Kier molecular flexibility index (Phi) is 4.91. The lowest BCUT2D eigenvalue weighted by Crippen LogP contribution is -2.36. The minimum absolute atomic E-state index is 0.0220. The van der Waals surface area contributed by atoms with Crippen molar-refractivity contribution in [1.29, 1.82) is 0 Å². The lowest BCUT2D eigenvalue weighted by Gasteiger charge is -2.22. The van der Waals surface area contributed by atoms with Crippen LogP contribution in [0.3, 0.4) is 0 Å². The predicted molar refractivity (Wildman–Crippen MR) is 81.3 cm³/mol. The largest absolute Gasteiger partial charge is 0.393 e. The topological polar surface area (TPSA) is 55.1 Å². The summed E-state index contributed by atoms with van der Waals surface area (Å²) in [4.78, 5) is 12.6. The molecule has 4 heteroatoms. The lowest BCUT2D eigenvalue weighted by atomic mass is 9.95. The average Bonchev–Trinajstić information content (AvgIpc) is 2.40. The maximum Gasteiger partial charge on any atom is 0.251 e. The minimum atomic E-state index is 0.0220. The number of benzene rings is 1. The van der Waals surface area contributed by atoms with Crippen molar-refractivity contribution >= 4 is 23.1 Å². The summed E-state index contributed by atoms with van der Waals surface area (Å²) >= 11 is 4.87. The van der Waals surface area contributed by atoms with Gasteiger partial charge in [-0.25, -0.2) is 0 Å². The van der Waals surface area contributed by atoms with Crippen LogP contribution in [0, 0.1) is 0 Å². The van der Waals surface area contributed by atoms with E-state index in [-0.39, 0.29) is 5.91 Å². The molecule has 0 aliphatic heterocycles. The Hall–Kier alpha value is -1.42. The molecule has 0 aromatic heterocycles. The molecule has 0 saturated heterocycles. The third-order valence-electron chi connectivity index (χ3n) is 3.53. The van der Waals surface area contributed by atoms with E-state index in [1.165, 1.54) is 19.3 Å². The molecule has 1 aromatic carbocycles. The van der Waals surface area contributed by atoms with Crippen LogP contribution >= 0.6 is 12.2 Å². The van der Waals surface area contributed by atoms with E-state index in [1.807, 2.05) is 24.3 Å². The Morgan fingerprint density at radius 2 is 1.84 bits per heavy atom. The zero-order valence-electron chi connectivity index (χ0n) is 11.0. The molecule has 3 nitrogen and oxygen atoms in total. The van der Waals surface area contributed by atoms with Gasteiger partial charge in [0.05, 0.1) is 4.99 Å². The maximum absolute atomic E-state index is 12.1. The molecule has 1 aromatic rings. The highest BCUT2D eigenvalue weighted by Crippen LogP contribution is 2.18. The van der Waals surface area contributed by atoms with E-state index in [1.54, 1.807) is 0 Å². The van der Waals surface area contributed by atoms with Crippen LogP contribution in [0.1, 0.15) is 48.0 Å². The van der Waals surface area contributed by atoms with Gasteiger partial charge in [-0.3, -0.25) is 4.79 Å². The highest BCUT2D eigenvalue weighted by molar-refractivity contribution is 7.80. The monoisotopic (exact) mass is 276 g/mol. The van der Waals surface area contributed by atoms with Gasteiger partial charge in [-0.05, 0) is 30.5 Å². The number of amides is 1. The second-order valence-corrected chi connectivity index (χ2v) is 5.67. The zero-order chi connectivity index (χ0) is 13.7. The fourth-order valence-corrected chi connectivity index (χ4v) is 2.66. The first kappa shape index (κ1) is 14.0. The second-order valence-electron chi connectivity index (χ2n) is 5.15. The lowest BCUT2D eigenvalue weighted by molar-refractivity contribution is 0.0927. The van der Waals surface area contributed by atoms with Gasteiger partial charge >= 0.3 is 0 Å². The van der Waals surface area contributed by atoms with Crippen LogP contribution in [0.5, 0.6) is 0 Å². The second kappa shape index (κ2) is 6.66. The van der Waals surface area contributed by atoms with Gasteiger partial charge < -0.3 is 11.1 Å². The fourth-order valence-electron chi connectivity index (χ4n) is 2.49. The van der Waals surface area contributed by atoms with Gasteiger partial charge in [-0.1, -0.05) is 43.6 Å². The Bertz CT molecular complexity index is 450. The molecule has 1 amide bonds. The summed E-state index contributed by atoms with van der Waals surface area (Å²) in [5, 5.41) is 3.11. The van der Waals surface area contributed by atoms with E-state index < -0.39 is 0 Å². The number of carbonyl (C=O) groups is 1. The first-order chi connectivity index (χ1) is 9.15. The Morgan fingerprint density at radius 1 is 1.21 bits per heavy atom. The van der Waals surface area contributed by atoms with Crippen molar-refractivity contribution in [3.63, 3.8) is 0 Å². The molecule has 0 radical (unpaired) electrons. The molecule has 2 rings (SSSR count). The number of carbonyl (C=O) groups excluding carboxylic acids is 1. The van der Waals surface area contributed by atoms with E-state index >= 15 is 0 Å². The smallest absolute Gasteiger partial charge is 0.251 e. The van der Waals surface area contributed by atoms with Crippen LogP contribution in [-0.4, -0.2) is 16.9 Å². The number of hydrogen-bond donors (Lipinski definition) is 2. The van der Waals surface area contributed by atoms with Crippen molar-refractivity contribution in [1.82, 2.24) is 5.32 Å². The number of hydrogen-bond acceptors (Lipinski definition) is 2. The zero-order valence-corrected chi connectivity index (χ0v) is 11.8. The summed E-state index contributed by atoms with van der Waals surface area (Å²) in [6.45, 7) is 0. The maximum atomic E-state index is 12.1. The number of nitrogens with one attached hydrogen (secondary N) is 1. The molecular weight excluding hydrogens is 256 g/mol. The molecule has 0 bridgehead atoms. The van der Waals surface area contributed by atoms with Crippen molar-refractivity contribution in [2.24, 2.45) is 5.73 Å². The van der Waals surface area contributed by atoms with Gasteiger partial charge in [0.2, 0.25) is 0 Å². The van der Waals surface area contributed by atoms with Crippen molar-refractivity contribution in [2.45, 2.75) is 44.6 Å². The molecule has 19 heavy (non-hydrogen) atoms. The number of thiocarbonyl (C=S) groups is 1. The summed E-state index contributed by atoms with van der Waals surface area (Å²) < 4.78 is 0. The van der Waals surface area contributed by atoms with E-state index in [0.29, 0.717) is 23.0 Å². The average molecular weight is 276 g/mol. The molecule has 1 aliphatic carbocycles. The summed E-state index contributed by atoms with van der Waals surface area (Å²) in [7, 11) is 0. The molecule has 0 heterocycles. The molecule has 0 atom stereocenters. The standard InChI is InChI=1S/C15H20N2OS/c16-14(19)10-11-6-8-12(9-7-11)15(18)17-13-4-2-1-3-5-13/h6-9,13H,1-5,10H2,(H2,16,19)(H,17,18).